The van der Waals surface area contributed by atoms with Crippen LogP contribution in [0, 0.1) is 13.8 Å². The summed E-state index contributed by atoms with van der Waals surface area (Å²) in [4.78, 5) is 21.3. The van der Waals surface area contributed by atoms with Crippen LogP contribution in [0.25, 0.3) is 0 Å². The van der Waals surface area contributed by atoms with Crippen molar-refractivity contribution in [1.82, 2.24) is 15.3 Å². The van der Waals surface area contributed by atoms with Gasteiger partial charge in [-0.1, -0.05) is 36.9 Å². The van der Waals surface area contributed by atoms with Crippen LogP contribution in [-0.4, -0.2) is 21.9 Å². The number of carbonyl (C=O) groups excluding carboxylic acids is 1. The molecular formula is C19H23ClN4O. The van der Waals surface area contributed by atoms with Gasteiger partial charge in [0.05, 0.1) is 0 Å². The first-order valence-electron chi connectivity index (χ1n) is 8.71. The molecule has 1 aliphatic carbocycles. The number of rotatable bonds is 4. The average molecular weight is 359 g/mol. The van der Waals surface area contributed by atoms with Crippen molar-refractivity contribution in [3.8, 4) is 0 Å². The molecule has 1 aliphatic rings. The van der Waals surface area contributed by atoms with Crippen molar-refractivity contribution in [1.29, 1.82) is 0 Å². The summed E-state index contributed by atoms with van der Waals surface area (Å²) >= 11 is 6.16. The first kappa shape index (κ1) is 17.7. The number of aryl methyl sites for hydroxylation is 1. The number of amides is 1. The first-order chi connectivity index (χ1) is 12.0. The molecule has 0 unspecified atom stereocenters. The SMILES string of the molecule is Cc1cc(C(=O)NC2CCCCC2)nc(Nc2cccc(Cl)c2C)n1. The lowest BCUT2D eigenvalue weighted by molar-refractivity contribution is 0.0922. The molecule has 1 amide bonds. The van der Waals surface area contributed by atoms with Gasteiger partial charge in [-0.2, -0.15) is 0 Å². The van der Waals surface area contributed by atoms with Crippen molar-refractivity contribution in [3.05, 3.63) is 46.2 Å². The van der Waals surface area contributed by atoms with E-state index in [2.05, 4.69) is 20.6 Å². The van der Waals surface area contributed by atoms with E-state index in [1.54, 1.807) is 6.07 Å². The number of anilines is 2. The number of halogens is 1. The highest BCUT2D eigenvalue weighted by Gasteiger charge is 2.18. The van der Waals surface area contributed by atoms with Gasteiger partial charge in [0.15, 0.2) is 0 Å². The van der Waals surface area contributed by atoms with Gasteiger partial charge < -0.3 is 10.6 Å². The van der Waals surface area contributed by atoms with Gasteiger partial charge in [0.1, 0.15) is 5.69 Å². The van der Waals surface area contributed by atoms with Crippen LogP contribution in [0.3, 0.4) is 0 Å². The Kier molecular flexibility index (Phi) is 5.53. The number of carbonyl (C=O) groups is 1. The molecule has 1 saturated carbocycles. The largest absolute Gasteiger partial charge is 0.348 e. The second-order valence-electron chi connectivity index (χ2n) is 6.56. The predicted octanol–water partition coefficient (Wildman–Crippen LogP) is 4.55. The van der Waals surface area contributed by atoms with Crippen molar-refractivity contribution in [2.24, 2.45) is 0 Å². The normalized spacial score (nSPS) is 15.0. The number of hydrogen-bond acceptors (Lipinski definition) is 4. The third kappa shape index (κ3) is 4.48. The Morgan fingerprint density at radius 1 is 1.16 bits per heavy atom. The number of nitrogens with one attached hydrogen (secondary N) is 2. The molecule has 6 heteroatoms. The lowest BCUT2D eigenvalue weighted by Gasteiger charge is -2.22. The summed E-state index contributed by atoms with van der Waals surface area (Å²) < 4.78 is 0. The van der Waals surface area contributed by atoms with Crippen molar-refractivity contribution < 1.29 is 4.79 Å². The molecule has 2 N–H and O–H groups in total. The molecule has 1 heterocycles. The number of hydrogen-bond donors (Lipinski definition) is 2. The van der Waals surface area contributed by atoms with E-state index in [0.717, 1.165) is 29.8 Å². The molecule has 0 aliphatic heterocycles. The van der Waals surface area contributed by atoms with Crippen molar-refractivity contribution >= 4 is 29.1 Å². The van der Waals surface area contributed by atoms with Gasteiger partial charge in [-0.05, 0) is 50.5 Å². The summed E-state index contributed by atoms with van der Waals surface area (Å²) in [6.07, 6.45) is 5.69. The fourth-order valence-corrected chi connectivity index (χ4v) is 3.28. The molecule has 2 aromatic rings. The van der Waals surface area contributed by atoms with Crippen molar-refractivity contribution in [2.45, 2.75) is 52.0 Å². The van der Waals surface area contributed by atoms with Crippen LogP contribution in [0.5, 0.6) is 0 Å². The van der Waals surface area contributed by atoms with Gasteiger partial charge in [0.2, 0.25) is 5.95 Å². The second-order valence-corrected chi connectivity index (χ2v) is 6.97. The molecule has 5 nitrogen and oxygen atoms in total. The van der Waals surface area contributed by atoms with E-state index in [0.29, 0.717) is 16.7 Å². The molecule has 1 fully saturated rings. The van der Waals surface area contributed by atoms with E-state index in [4.69, 9.17) is 11.6 Å². The molecule has 0 atom stereocenters. The molecule has 0 bridgehead atoms. The Morgan fingerprint density at radius 2 is 1.92 bits per heavy atom. The summed E-state index contributed by atoms with van der Waals surface area (Å²) in [6.45, 7) is 3.78. The number of nitrogens with zero attached hydrogens (tertiary/aromatic N) is 2. The molecule has 3 rings (SSSR count). The van der Waals surface area contributed by atoms with Gasteiger partial charge in [0.25, 0.3) is 5.91 Å². The van der Waals surface area contributed by atoms with Gasteiger partial charge >= 0.3 is 0 Å². The highest BCUT2D eigenvalue weighted by atomic mass is 35.5. The summed E-state index contributed by atoms with van der Waals surface area (Å²) in [7, 11) is 0. The standard InChI is InChI=1S/C19H23ClN4O/c1-12-11-17(18(25)22-14-7-4-3-5-8-14)24-19(21-12)23-16-10-6-9-15(20)13(16)2/h6,9-11,14H,3-5,7-8H2,1-2H3,(H,22,25)(H,21,23,24). The van der Waals surface area contributed by atoms with E-state index >= 15 is 0 Å². The zero-order valence-corrected chi connectivity index (χ0v) is 15.4. The van der Waals surface area contributed by atoms with E-state index < -0.39 is 0 Å². The van der Waals surface area contributed by atoms with Gasteiger partial charge in [-0.3, -0.25) is 4.79 Å². The van der Waals surface area contributed by atoms with Crippen LogP contribution >= 0.6 is 11.6 Å². The topological polar surface area (TPSA) is 66.9 Å². The van der Waals surface area contributed by atoms with E-state index in [1.807, 2.05) is 32.0 Å². The van der Waals surface area contributed by atoms with Crippen molar-refractivity contribution in [2.75, 3.05) is 5.32 Å². The van der Waals surface area contributed by atoms with Gasteiger partial charge in [-0.25, -0.2) is 9.97 Å². The van der Waals surface area contributed by atoms with Crippen LogP contribution in [0.2, 0.25) is 5.02 Å². The Labute approximate surface area is 153 Å². The molecule has 1 aromatic carbocycles. The van der Waals surface area contributed by atoms with Gasteiger partial charge in [0, 0.05) is 22.4 Å². The number of benzene rings is 1. The minimum absolute atomic E-state index is 0.136. The monoisotopic (exact) mass is 358 g/mol. The number of aromatic nitrogens is 2. The third-order valence-corrected chi connectivity index (χ3v) is 4.95. The highest BCUT2D eigenvalue weighted by molar-refractivity contribution is 6.31. The van der Waals surface area contributed by atoms with E-state index in [-0.39, 0.29) is 11.9 Å². The van der Waals surface area contributed by atoms with Crippen molar-refractivity contribution in [3.63, 3.8) is 0 Å². The zero-order chi connectivity index (χ0) is 17.8. The van der Waals surface area contributed by atoms with Crippen LogP contribution in [-0.2, 0) is 0 Å². The Balaban J connectivity index is 1.77. The second kappa shape index (κ2) is 7.83. The Bertz CT molecular complexity index is 772. The minimum Gasteiger partial charge on any atom is -0.348 e. The quantitative estimate of drug-likeness (QED) is 0.841. The molecule has 1 aromatic heterocycles. The molecule has 132 valence electrons. The Hall–Kier alpha value is -2.14. The maximum Gasteiger partial charge on any atom is 0.270 e. The fraction of sp³-hybridized carbons (Fsp3) is 0.421. The average Bonchev–Trinajstić information content (AvgIpc) is 2.59. The lowest BCUT2D eigenvalue weighted by atomic mass is 9.95. The molecule has 0 saturated heterocycles. The summed E-state index contributed by atoms with van der Waals surface area (Å²) in [5, 5.41) is 6.94. The highest BCUT2D eigenvalue weighted by Crippen LogP contribution is 2.25. The van der Waals surface area contributed by atoms with Gasteiger partial charge in [-0.15, -0.1) is 0 Å². The summed E-state index contributed by atoms with van der Waals surface area (Å²) in [5.41, 5.74) is 2.88. The molecule has 25 heavy (non-hydrogen) atoms. The molecule has 0 radical (unpaired) electrons. The molecular weight excluding hydrogens is 336 g/mol. The smallest absolute Gasteiger partial charge is 0.270 e. The third-order valence-electron chi connectivity index (χ3n) is 4.54. The van der Waals surface area contributed by atoms with Crippen LogP contribution in [0.15, 0.2) is 24.3 Å². The van der Waals surface area contributed by atoms with E-state index in [9.17, 15) is 4.79 Å². The lowest BCUT2D eigenvalue weighted by Crippen LogP contribution is -2.36. The van der Waals surface area contributed by atoms with Crippen LogP contribution in [0.1, 0.15) is 53.8 Å². The van der Waals surface area contributed by atoms with Crippen LogP contribution < -0.4 is 10.6 Å². The summed E-state index contributed by atoms with van der Waals surface area (Å²) in [6, 6.07) is 7.58. The maximum atomic E-state index is 12.5. The minimum atomic E-state index is -0.136. The first-order valence-corrected chi connectivity index (χ1v) is 9.09. The zero-order valence-electron chi connectivity index (χ0n) is 14.6. The fourth-order valence-electron chi connectivity index (χ4n) is 3.11. The summed E-state index contributed by atoms with van der Waals surface area (Å²) in [5.74, 6) is 0.266. The maximum absolute atomic E-state index is 12.5. The van der Waals surface area contributed by atoms with Crippen LogP contribution in [0.4, 0.5) is 11.6 Å². The Morgan fingerprint density at radius 3 is 2.68 bits per heavy atom. The predicted molar refractivity (Wildman–Crippen MR) is 101 cm³/mol. The van der Waals surface area contributed by atoms with E-state index in [1.165, 1.54) is 19.3 Å². The molecule has 0 spiro atoms.